The molecule has 1 aromatic carbocycles. The second-order valence-electron chi connectivity index (χ2n) is 3.04. The van der Waals surface area contributed by atoms with Crippen LogP contribution in [0.2, 0.25) is 0 Å². The summed E-state index contributed by atoms with van der Waals surface area (Å²) in [7, 11) is 0. The fourth-order valence-electron chi connectivity index (χ4n) is 1.14. The fraction of sp³-hybridized carbons (Fsp3) is 0. The molecule has 0 atom stereocenters. The van der Waals surface area contributed by atoms with Gasteiger partial charge < -0.3 is 11.1 Å². The van der Waals surface area contributed by atoms with E-state index < -0.39 is 11.7 Å². The average Bonchev–Trinajstić information content (AvgIpc) is 2.75. The summed E-state index contributed by atoms with van der Waals surface area (Å²) in [5.74, 6) is -0.927. The number of anilines is 2. The van der Waals surface area contributed by atoms with Crippen molar-refractivity contribution in [3.05, 3.63) is 35.9 Å². The van der Waals surface area contributed by atoms with Gasteiger partial charge in [-0.25, -0.2) is 4.39 Å². The molecule has 0 aliphatic rings. The van der Waals surface area contributed by atoms with E-state index in [-0.39, 0.29) is 11.4 Å². The van der Waals surface area contributed by atoms with E-state index in [1.165, 1.54) is 18.3 Å². The molecule has 0 spiro atoms. The van der Waals surface area contributed by atoms with Gasteiger partial charge in [0, 0.05) is 0 Å². The zero-order valence-electron chi connectivity index (χ0n) is 8.07. The zero-order valence-corrected chi connectivity index (χ0v) is 8.07. The average molecular weight is 221 g/mol. The van der Waals surface area contributed by atoms with E-state index >= 15 is 0 Å². The van der Waals surface area contributed by atoms with Gasteiger partial charge in [-0.3, -0.25) is 4.79 Å². The normalized spacial score (nSPS) is 10.1. The monoisotopic (exact) mass is 221 g/mol. The Morgan fingerprint density at radius 3 is 2.94 bits per heavy atom. The maximum atomic E-state index is 12.7. The van der Waals surface area contributed by atoms with Crippen LogP contribution in [0.15, 0.2) is 24.4 Å². The van der Waals surface area contributed by atoms with Crippen LogP contribution in [0.4, 0.5) is 15.8 Å². The molecule has 0 saturated carbocycles. The van der Waals surface area contributed by atoms with Crippen molar-refractivity contribution in [3.63, 3.8) is 0 Å². The SMILES string of the molecule is Nc1cc(F)ccc1NC(=O)c1cn[nH]n1. The molecule has 1 aromatic heterocycles. The lowest BCUT2D eigenvalue weighted by atomic mass is 10.2. The molecule has 0 bridgehead atoms. The molecule has 16 heavy (non-hydrogen) atoms. The minimum atomic E-state index is -0.466. The molecule has 82 valence electrons. The van der Waals surface area contributed by atoms with Gasteiger partial charge in [0.1, 0.15) is 5.82 Å². The number of nitrogens with zero attached hydrogens (tertiary/aromatic N) is 2. The van der Waals surface area contributed by atoms with E-state index in [0.717, 1.165) is 6.07 Å². The number of rotatable bonds is 2. The predicted molar refractivity (Wildman–Crippen MR) is 55.1 cm³/mol. The number of hydrogen-bond acceptors (Lipinski definition) is 4. The Bertz CT molecular complexity index is 511. The molecular weight excluding hydrogens is 213 g/mol. The van der Waals surface area contributed by atoms with Gasteiger partial charge in [-0.2, -0.15) is 15.4 Å². The number of nitrogens with one attached hydrogen (secondary N) is 2. The van der Waals surface area contributed by atoms with E-state index in [4.69, 9.17) is 5.73 Å². The summed E-state index contributed by atoms with van der Waals surface area (Å²) in [4.78, 5) is 11.5. The van der Waals surface area contributed by atoms with Gasteiger partial charge in [0.25, 0.3) is 5.91 Å². The Morgan fingerprint density at radius 1 is 1.50 bits per heavy atom. The lowest BCUT2D eigenvalue weighted by molar-refractivity contribution is 0.102. The smallest absolute Gasteiger partial charge is 0.277 e. The van der Waals surface area contributed by atoms with Crippen molar-refractivity contribution in [2.24, 2.45) is 0 Å². The molecular formula is C9H8FN5O. The van der Waals surface area contributed by atoms with E-state index in [9.17, 15) is 9.18 Å². The third-order valence-electron chi connectivity index (χ3n) is 1.91. The summed E-state index contributed by atoms with van der Waals surface area (Å²) in [6, 6.07) is 3.70. The molecule has 0 saturated heterocycles. The summed E-state index contributed by atoms with van der Waals surface area (Å²) >= 11 is 0. The minimum Gasteiger partial charge on any atom is -0.397 e. The lowest BCUT2D eigenvalue weighted by Gasteiger charge is -2.05. The van der Waals surface area contributed by atoms with E-state index in [1.807, 2.05) is 0 Å². The molecule has 2 aromatic rings. The standard InChI is InChI=1S/C9H8FN5O/c10-5-1-2-7(6(11)3-5)13-9(16)8-4-12-15-14-8/h1-4H,11H2,(H,13,16)(H,12,14,15). The first kappa shape index (κ1) is 10.1. The predicted octanol–water partition coefficient (Wildman–Crippen LogP) is 0.778. The summed E-state index contributed by atoms with van der Waals surface area (Å²) < 4.78 is 12.7. The van der Waals surface area contributed by atoms with Crippen LogP contribution in [-0.4, -0.2) is 21.3 Å². The summed E-state index contributed by atoms with van der Waals surface area (Å²) in [5.41, 5.74) is 6.13. The van der Waals surface area contributed by atoms with Gasteiger partial charge in [0.2, 0.25) is 0 Å². The van der Waals surface area contributed by atoms with Crippen molar-refractivity contribution < 1.29 is 9.18 Å². The van der Waals surface area contributed by atoms with Crippen molar-refractivity contribution in [1.82, 2.24) is 15.4 Å². The zero-order chi connectivity index (χ0) is 11.5. The largest absolute Gasteiger partial charge is 0.397 e. The number of hydrogen-bond donors (Lipinski definition) is 3. The highest BCUT2D eigenvalue weighted by molar-refractivity contribution is 6.04. The fourth-order valence-corrected chi connectivity index (χ4v) is 1.14. The third-order valence-corrected chi connectivity index (χ3v) is 1.91. The van der Waals surface area contributed by atoms with E-state index in [2.05, 4.69) is 20.7 Å². The van der Waals surface area contributed by atoms with Crippen molar-refractivity contribution >= 4 is 17.3 Å². The van der Waals surface area contributed by atoms with Crippen LogP contribution in [0.1, 0.15) is 10.5 Å². The lowest BCUT2D eigenvalue weighted by Crippen LogP contribution is -2.13. The first-order valence-corrected chi connectivity index (χ1v) is 4.39. The topological polar surface area (TPSA) is 96.7 Å². The molecule has 0 aliphatic carbocycles. The van der Waals surface area contributed by atoms with Gasteiger partial charge >= 0.3 is 0 Å². The highest BCUT2D eigenvalue weighted by Gasteiger charge is 2.10. The number of amides is 1. The van der Waals surface area contributed by atoms with Crippen LogP contribution in [0.3, 0.4) is 0 Å². The second kappa shape index (κ2) is 3.97. The first-order chi connectivity index (χ1) is 7.66. The number of benzene rings is 1. The summed E-state index contributed by atoms with van der Waals surface area (Å²) in [5, 5.41) is 11.9. The molecule has 7 heteroatoms. The Labute approximate surface area is 89.7 Å². The highest BCUT2D eigenvalue weighted by atomic mass is 19.1. The van der Waals surface area contributed by atoms with Gasteiger partial charge in [0.05, 0.1) is 17.6 Å². The number of halogens is 1. The van der Waals surface area contributed by atoms with Gasteiger partial charge in [-0.05, 0) is 18.2 Å². The maximum Gasteiger partial charge on any atom is 0.277 e. The molecule has 0 radical (unpaired) electrons. The maximum absolute atomic E-state index is 12.7. The number of nitrogens with two attached hydrogens (primary N) is 1. The molecule has 0 fully saturated rings. The van der Waals surface area contributed by atoms with E-state index in [0.29, 0.717) is 5.69 Å². The molecule has 6 nitrogen and oxygen atoms in total. The Balaban J connectivity index is 2.18. The van der Waals surface area contributed by atoms with Gasteiger partial charge in [0.15, 0.2) is 5.69 Å². The summed E-state index contributed by atoms with van der Waals surface area (Å²) in [6.45, 7) is 0. The number of aromatic nitrogens is 3. The van der Waals surface area contributed by atoms with Crippen LogP contribution in [0.25, 0.3) is 0 Å². The van der Waals surface area contributed by atoms with Crippen LogP contribution < -0.4 is 11.1 Å². The van der Waals surface area contributed by atoms with Crippen LogP contribution in [-0.2, 0) is 0 Å². The van der Waals surface area contributed by atoms with E-state index in [1.54, 1.807) is 0 Å². The Kier molecular flexibility index (Phi) is 2.50. The molecule has 1 amide bonds. The molecule has 4 N–H and O–H groups in total. The van der Waals surface area contributed by atoms with Crippen molar-refractivity contribution in [2.45, 2.75) is 0 Å². The Morgan fingerprint density at radius 2 is 2.31 bits per heavy atom. The van der Waals surface area contributed by atoms with Crippen LogP contribution in [0.5, 0.6) is 0 Å². The summed E-state index contributed by atoms with van der Waals surface area (Å²) in [6.07, 6.45) is 1.27. The number of H-pyrrole nitrogens is 1. The first-order valence-electron chi connectivity index (χ1n) is 4.39. The minimum absolute atomic E-state index is 0.128. The van der Waals surface area contributed by atoms with Gasteiger partial charge in [-0.15, -0.1) is 0 Å². The molecule has 0 unspecified atom stereocenters. The number of aromatic amines is 1. The highest BCUT2D eigenvalue weighted by Crippen LogP contribution is 2.19. The van der Waals surface area contributed by atoms with Crippen molar-refractivity contribution in [3.8, 4) is 0 Å². The van der Waals surface area contributed by atoms with Gasteiger partial charge in [-0.1, -0.05) is 0 Å². The second-order valence-corrected chi connectivity index (χ2v) is 3.04. The van der Waals surface area contributed by atoms with Crippen LogP contribution >= 0.6 is 0 Å². The van der Waals surface area contributed by atoms with Crippen LogP contribution in [0, 0.1) is 5.82 Å². The number of carbonyl (C=O) groups excluding carboxylic acids is 1. The quantitative estimate of drug-likeness (QED) is 0.653. The van der Waals surface area contributed by atoms with Crippen molar-refractivity contribution in [1.29, 1.82) is 0 Å². The number of carbonyl (C=O) groups is 1. The molecule has 2 rings (SSSR count). The molecule has 1 heterocycles. The van der Waals surface area contributed by atoms with Crippen molar-refractivity contribution in [2.75, 3.05) is 11.1 Å². The number of nitrogen functional groups attached to an aromatic ring is 1. The third kappa shape index (κ3) is 1.97. The molecule has 0 aliphatic heterocycles. The Hall–Kier alpha value is -2.44.